The summed E-state index contributed by atoms with van der Waals surface area (Å²) in [4.78, 5) is 50.2. The zero-order chi connectivity index (χ0) is 92.9. The number of ether oxygens (including phenoxy) is 2. The third-order valence-electron chi connectivity index (χ3n) is 19.3. The lowest BCUT2D eigenvalue weighted by Gasteiger charge is -2.24. The fraction of sp³-hybridized carbons (Fsp3) is 0.359. The molecule has 0 unspecified atom stereocenters. The third kappa shape index (κ3) is 25.7. The van der Waals surface area contributed by atoms with Crippen molar-refractivity contribution in [1.29, 1.82) is 0 Å². The Morgan fingerprint density at radius 3 is 1.29 bits per heavy atom. The van der Waals surface area contributed by atoms with E-state index in [1.165, 1.54) is 50.2 Å². The van der Waals surface area contributed by atoms with Gasteiger partial charge in [-0.1, -0.05) is 59.2 Å². The highest BCUT2D eigenvalue weighted by molar-refractivity contribution is 6.59. The molecule has 13 rings (SSSR count). The molecule has 21 nitrogen and oxygen atoms in total. The number of aliphatic hydroxyl groups is 3. The van der Waals surface area contributed by atoms with Gasteiger partial charge in [0.15, 0.2) is 0 Å². The maximum absolute atomic E-state index is 14.2. The number of aliphatic carboxylic acids is 1. The van der Waals surface area contributed by atoms with Gasteiger partial charge in [-0.3, -0.25) is 28.4 Å². The third-order valence-corrected chi connectivity index (χ3v) is 19.9. The molecule has 0 aliphatic heterocycles. The van der Waals surface area contributed by atoms with Crippen LogP contribution in [0.15, 0.2) is 128 Å². The molecule has 11 aromatic rings. The molecule has 5 atom stereocenters. The first-order chi connectivity index (χ1) is 58.6. The predicted octanol–water partition coefficient (Wildman–Crippen LogP) is 16.0. The number of fused-ring (bicyclic) bond motifs is 5. The van der Waals surface area contributed by atoms with E-state index in [2.05, 4.69) is 60.8 Å². The number of rotatable bonds is 19. The molecule has 6 aromatic heterocycles. The Labute approximate surface area is 730 Å². The van der Waals surface area contributed by atoms with E-state index in [9.17, 15) is 83.7 Å². The highest BCUT2D eigenvalue weighted by atomic mass is 35.5. The lowest BCUT2D eigenvalue weighted by atomic mass is 9.74. The molecule has 34 heteroatoms. The summed E-state index contributed by atoms with van der Waals surface area (Å²) in [5.41, 5.74) is 7.51. The number of esters is 2. The van der Waals surface area contributed by atoms with E-state index in [1.807, 2.05) is 31.3 Å². The maximum Gasteiger partial charge on any atom is 0.490 e. The molecule has 0 saturated heterocycles. The van der Waals surface area contributed by atoms with Crippen molar-refractivity contribution >= 4 is 75.5 Å². The van der Waals surface area contributed by atoms with E-state index >= 15 is 0 Å². The van der Waals surface area contributed by atoms with E-state index in [0.29, 0.717) is 54.2 Å². The molecule has 2 aliphatic rings. The van der Waals surface area contributed by atoms with Crippen LogP contribution in [-0.4, -0.2) is 128 Å². The van der Waals surface area contributed by atoms with Gasteiger partial charge in [0.05, 0.1) is 63.7 Å². The first-order valence-electron chi connectivity index (χ1n) is 39.5. The van der Waals surface area contributed by atoms with Gasteiger partial charge in [0, 0.05) is 99.8 Å². The summed E-state index contributed by atoms with van der Waals surface area (Å²) in [6, 6.07) is 26.2. The maximum atomic E-state index is 14.2. The van der Waals surface area contributed by atoms with Crippen LogP contribution in [0.4, 0.5) is 43.9 Å². The van der Waals surface area contributed by atoms with Gasteiger partial charge in [0.25, 0.3) is 12.3 Å². The van der Waals surface area contributed by atoms with E-state index in [-0.39, 0.29) is 66.5 Å². The zero-order valence-electron chi connectivity index (χ0n) is 71.0. The molecular formula is C92H91BCl2F10N10O11. The van der Waals surface area contributed by atoms with Crippen molar-refractivity contribution in [3.63, 3.8) is 0 Å². The standard InChI is InChI=1S/C32H32ClF2N3O3.C26H23ClF2N4O.C24H28BF2NO5.C10H8F4N2O2/c1-31(2,3)41-28(39)16-20(13-19-14-21(34)17-22(35)15-19)29-24(8-7-23(37-29)11-12-32(4,5)40)25-9-10-27(33)26-18-36-38(6)30(25)26;1-26(2,34)9-8-18-4-5-19(20-6-7-22(27)21-14-31-33(3)25(20)21)24(32-18)23(30)12-15-10-16(28)13-17(29)11-15;1-23(2,3)33-21(29)13-16(10-15-11-17(26)14-18(27)12-15)22-20(25(31)32)7-6-19(28-22)8-9-24(4,5)30;11-9(12)7-6-3-1-4(3)10(13,14)8(6)16(15-7)2-5(17)18/h7-10,14-15,17-18,20,40H,13,16H2,1-6H3;4-7,10-11,13-14,23,34H,12,30H2,1-3H3;6-7,11-12,14,16,30-32H,10,13H2,1-5H3;3-4,9H,1-2H2,(H,17,18)/t20-;23-;16-;3-,4+/m1010/s1. The Hall–Kier alpha value is -11.5. The fourth-order valence-corrected chi connectivity index (χ4v) is 14.8. The SMILES string of the molecule is CC(C)(O)C#Cc1ccc(B(O)O)c([C@@H](CC(=O)OC(C)(C)C)Cc2cc(F)cc(F)c2)n1.Cn1ncc2c(Cl)ccc(-c3ccc(C#CC(C)(C)O)nc3[C@@H](CC(=O)OC(C)(C)C)Cc3cc(F)cc(F)c3)c21.Cn1ncc2c(Cl)ccc(-c3ccc(C#CC(C)(C)O)nc3[C@@H](N)Cc3cc(F)cc(F)c3)c21.O=C(O)Cn1nc(C(F)F)c2c1C(F)(F)[C@@H]1C[C@H]21. The number of pyridine rings is 3. The van der Waals surface area contributed by atoms with Crippen LogP contribution in [0, 0.1) is 76.3 Å². The number of alkyl halides is 4. The monoisotopic (exact) mass is 1780 g/mol. The Kier molecular flexibility index (Phi) is 29.7. The summed E-state index contributed by atoms with van der Waals surface area (Å²) in [5, 5.41) is 73.0. The summed E-state index contributed by atoms with van der Waals surface area (Å²) < 4.78 is 152. The second-order valence-electron chi connectivity index (χ2n) is 34.1. The summed E-state index contributed by atoms with van der Waals surface area (Å²) in [5.74, 6) is 3.53. The van der Waals surface area contributed by atoms with E-state index in [0.717, 1.165) is 68.8 Å². The van der Waals surface area contributed by atoms with Crippen molar-refractivity contribution in [3.8, 4) is 57.8 Å². The Morgan fingerprint density at radius 2 is 0.905 bits per heavy atom. The molecule has 8 N–H and O–H groups in total. The van der Waals surface area contributed by atoms with Crippen molar-refractivity contribution in [2.24, 2.45) is 25.7 Å². The average Bonchev–Trinajstić information content (AvgIpc) is 1.52. The summed E-state index contributed by atoms with van der Waals surface area (Å²) >= 11 is 12.8. The number of aryl methyl sites for hydroxylation is 2. The summed E-state index contributed by atoms with van der Waals surface area (Å²) in [6.07, 6.45) is 0.436. The van der Waals surface area contributed by atoms with Crippen molar-refractivity contribution in [2.45, 2.75) is 192 Å². The second-order valence-corrected chi connectivity index (χ2v) is 34.9. The van der Waals surface area contributed by atoms with E-state index < -0.39 is 148 Å². The van der Waals surface area contributed by atoms with Gasteiger partial charge in [-0.2, -0.15) is 24.1 Å². The van der Waals surface area contributed by atoms with Gasteiger partial charge in [0.1, 0.15) is 97.9 Å². The minimum Gasteiger partial charge on any atom is -0.480 e. The predicted molar refractivity (Wildman–Crippen MR) is 455 cm³/mol. The molecule has 0 radical (unpaired) electrons. The Bertz CT molecular complexity index is 6090. The molecule has 2 aliphatic carbocycles. The quantitative estimate of drug-likeness (QED) is 0.0171. The van der Waals surface area contributed by atoms with E-state index in [1.54, 1.807) is 122 Å². The van der Waals surface area contributed by atoms with Gasteiger partial charge >= 0.3 is 25.0 Å². The van der Waals surface area contributed by atoms with Crippen molar-refractivity contribution in [3.05, 3.63) is 240 Å². The normalized spacial score (nSPS) is 14.6. The number of hydrogen-bond donors (Lipinski definition) is 7. The van der Waals surface area contributed by atoms with Crippen molar-refractivity contribution in [1.82, 2.24) is 44.3 Å². The van der Waals surface area contributed by atoms with Crippen LogP contribution in [0.2, 0.25) is 10.0 Å². The number of carboxylic acids is 1. The number of benzene rings is 5. The van der Waals surface area contributed by atoms with Gasteiger partial charge < -0.3 is 45.7 Å². The Balaban J connectivity index is 0.000000180. The van der Waals surface area contributed by atoms with Gasteiger partial charge in [-0.25, -0.2) is 50.1 Å². The number of carbonyl (C=O) groups is 3. The summed E-state index contributed by atoms with van der Waals surface area (Å²) in [7, 11) is 1.70. The van der Waals surface area contributed by atoms with Gasteiger partial charge in [-0.05, 0) is 228 Å². The zero-order valence-corrected chi connectivity index (χ0v) is 72.5. The highest BCUT2D eigenvalue weighted by Gasteiger charge is 2.67. The number of nitrogens with two attached hydrogens (primary N) is 1. The smallest absolute Gasteiger partial charge is 0.480 e. The molecule has 0 bridgehead atoms. The van der Waals surface area contributed by atoms with Crippen LogP contribution in [-0.2, 0) is 69.7 Å². The number of carbonyl (C=O) groups excluding carboxylic acids is 2. The molecular weight excluding hydrogens is 1690 g/mol. The van der Waals surface area contributed by atoms with Gasteiger partial charge in [0.2, 0.25) is 0 Å². The Morgan fingerprint density at radius 1 is 0.540 bits per heavy atom. The first-order valence-corrected chi connectivity index (χ1v) is 40.2. The van der Waals surface area contributed by atoms with Crippen LogP contribution < -0.4 is 11.2 Å². The topological polar surface area (TPSA) is 309 Å². The van der Waals surface area contributed by atoms with Gasteiger partial charge in [-0.15, -0.1) is 0 Å². The largest absolute Gasteiger partial charge is 0.490 e. The molecule has 0 spiro atoms. The number of hydrogen-bond acceptors (Lipinski definition) is 17. The lowest BCUT2D eigenvalue weighted by molar-refractivity contribution is -0.156. The van der Waals surface area contributed by atoms with Crippen LogP contribution in [0.25, 0.3) is 44.1 Å². The number of halogens is 12. The van der Waals surface area contributed by atoms with Crippen LogP contribution in [0.5, 0.6) is 0 Å². The van der Waals surface area contributed by atoms with Crippen molar-refractivity contribution < 1.29 is 98.2 Å². The molecule has 6 heterocycles. The second kappa shape index (κ2) is 38.8. The fourth-order valence-electron chi connectivity index (χ4n) is 14.3. The summed E-state index contributed by atoms with van der Waals surface area (Å²) in [6.45, 7) is 18.9. The lowest BCUT2D eigenvalue weighted by Crippen LogP contribution is -2.36. The van der Waals surface area contributed by atoms with Crippen molar-refractivity contribution in [2.75, 3.05) is 0 Å². The van der Waals surface area contributed by atoms with E-state index in [4.69, 9.17) is 48.5 Å². The first kappa shape index (κ1) is 96.7. The average molecular weight is 1780 g/mol. The molecule has 0 amide bonds. The van der Waals surface area contributed by atoms with Crippen LogP contribution >= 0.6 is 23.2 Å². The molecule has 1 fully saturated rings. The minimum absolute atomic E-state index is 0.0224. The molecule has 662 valence electrons. The number of nitrogens with zero attached hydrogens (tertiary/aromatic N) is 9. The molecule has 1 saturated carbocycles. The minimum atomic E-state index is -3.25. The number of aromatic nitrogens is 9. The molecule has 126 heavy (non-hydrogen) atoms. The van der Waals surface area contributed by atoms with Crippen LogP contribution in [0.1, 0.15) is 200 Å². The molecule has 5 aromatic carbocycles. The van der Waals surface area contributed by atoms with Crippen LogP contribution in [0.3, 0.4) is 0 Å². The number of carboxylic acid groups (broad SMARTS) is 1. The highest BCUT2D eigenvalue weighted by Crippen LogP contribution is 2.68.